The van der Waals surface area contributed by atoms with Gasteiger partial charge in [-0.3, -0.25) is 9.78 Å². The molecule has 5 atom stereocenters. The summed E-state index contributed by atoms with van der Waals surface area (Å²) in [5.74, 6) is 0.428. The number of carbonyl (C=O) groups excluding carboxylic acids is 1. The van der Waals surface area contributed by atoms with Crippen molar-refractivity contribution in [3.8, 4) is 11.1 Å². The van der Waals surface area contributed by atoms with E-state index in [0.29, 0.717) is 25.7 Å². The van der Waals surface area contributed by atoms with Crippen molar-refractivity contribution in [2.45, 2.75) is 69.6 Å². The number of aliphatic hydroxyl groups is 1. The average molecular weight is 520 g/mol. The molecule has 4 aliphatic rings. The first-order valence-electron chi connectivity index (χ1n) is 13.5. The van der Waals surface area contributed by atoms with Gasteiger partial charge in [0.25, 0.3) is 0 Å². The first kappa shape index (κ1) is 25.3. The highest BCUT2D eigenvalue weighted by Crippen LogP contribution is 2.67. The van der Waals surface area contributed by atoms with Crippen molar-refractivity contribution in [1.82, 2.24) is 4.98 Å². The lowest BCUT2D eigenvalue weighted by atomic mass is 9.51. The summed E-state index contributed by atoms with van der Waals surface area (Å²) in [5.41, 5.74) is 4.74. The Kier molecular flexibility index (Phi) is 6.02. The molecule has 4 aliphatic carbocycles. The lowest BCUT2D eigenvalue weighted by Crippen LogP contribution is -2.50. The number of benzene rings is 1. The van der Waals surface area contributed by atoms with Gasteiger partial charge in [0.15, 0.2) is 5.78 Å². The van der Waals surface area contributed by atoms with Crippen molar-refractivity contribution in [3.05, 3.63) is 89.3 Å². The molecule has 3 nitrogen and oxygen atoms in total. The Morgan fingerprint density at radius 1 is 1.05 bits per heavy atom. The van der Waals surface area contributed by atoms with Crippen LogP contribution < -0.4 is 0 Å². The van der Waals surface area contributed by atoms with Crippen molar-refractivity contribution in [1.29, 1.82) is 0 Å². The van der Waals surface area contributed by atoms with Gasteiger partial charge in [0.05, 0.1) is 5.60 Å². The fraction of sp³-hybridized carbons (Fsp3) is 0.438. The first-order chi connectivity index (χ1) is 18.1. The van der Waals surface area contributed by atoms with Crippen LogP contribution in [0.5, 0.6) is 0 Å². The van der Waals surface area contributed by atoms with Crippen LogP contribution in [0.2, 0.25) is 0 Å². The predicted octanol–water partition coefficient (Wildman–Crippen LogP) is 7.50. The molecule has 0 aliphatic heterocycles. The van der Waals surface area contributed by atoms with E-state index >= 15 is 0 Å². The monoisotopic (exact) mass is 519 g/mol. The highest BCUT2D eigenvalue weighted by Gasteiger charge is 2.62. The third kappa shape index (κ3) is 4.17. The number of pyridine rings is 1. The Morgan fingerprint density at radius 3 is 2.55 bits per heavy atom. The van der Waals surface area contributed by atoms with Crippen molar-refractivity contribution < 1.29 is 23.1 Å². The van der Waals surface area contributed by atoms with Crippen LogP contribution in [-0.2, 0) is 4.79 Å². The lowest BCUT2D eigenvalue weighted by Gasteiger charge is -2.54. The van der Waals surface area contributed by atoms with Crippen molar-refractivity contribution in [3.63, 3.8) is 0 Å². The number of rotatable bonds is 3. The molecule has 0 saturated heterocycles. The molecule has 2 saturated carbocycles. The second-order valence-corrected chi connectivity index (χ2v) is 11.7. The van der Waals surface area contributed by atoms with Gasteiger partial charge >= 0.3 is 6.18 Å². The van der Waals surface area contributed by atoms with E-state index in [1.165, 1.54) is 11.1 Å². The van der Waals surface area contributed by atoms with E-state index in [1.54, 1.807) is 6.20 Å². The first-order valence-corrected chi connectivity index (χ1v) is 13.5. The Balaban J connectivity index is 1.46. The minimum atomic E-state index is -4.47. The van der Waals surface area contributed by atoms with Gasteiger partial charge in [-0.2, -0.15) is 13.2 Å². The molecule has 1 aromatic carbocycles. The van der Waals surface area contributed by atoms with Gasteiger partial charge in [0.2, 0.25) is 0 Å². The topological polar surface area (TPSA) is 50.2 Å². The highest BCUT2D eigenvalue weighted by atomic mass is 19.4. The summed E-state index contributed by atoms with van der Waals surface area (Å²) in [6, 6.07) is 12.3. The van der Waals surface area contributed by atoms with Crippen LogP contribution in [0.25, 0.3) is 11.1 Å². The van der Waals surface area contributed by atoms with Crippen LogP contribution in [0.1, 0.15) is 63.4 Å². The normalized spacial score (nSPS) is 33.1. The molecule has 38 heavy (non-hydrogen) atoms. The summed E-state index contributed by atoms with van der Waals surface area (Å²) in [4.78, 5) is 16.5. The molecule has 0 spiro atoms. The van der Waals surface area contributed by atoms with E-state index in [9.17, 15) is 23.1 Å². The Hall–Kier alpha value is -2.99. The maximum absolute atomic E-state index is 13.2. The largest absolute Gasteiger partial charge is 0.409 e. The molecular formula is C32H32F3NO2. The van der Waals surface area contributed by atoms with E-state index in [-0.39, 0.29) is 29.6 Å². The van der Waals surface area contributed by atoms with Crippen LogP contribution in [0, 0.1) is 17.3 Å². The highest BCUT2D eigenvalue weighted by molar-refractivity contribution is 5.93. The molecule has 1 heterocycles. The summed E-state index contributed by atoms with van der Waals surface area (Å²) < 4.78 is 39.6. The third-order valence-electron chi connectivity index (χ3n) is 9.81. The minimum absolute atomic E-state index is 0.0278. The van der Waals surface area contributed by atoms with Crippen LogP contribution in [0.3, 0.4) is 0 Å². The molecular weight excluding hydrogens is 487 g/mol. The summed E-state index contributed by atoms with van der Waals surface area (Å²) >= 11 is 0. The number of hydrogen-bond donors (Lipinski definition) is 1. The van der Waals surface area contributed by atoms with Crippen LogP contribution in [-0.4, -0.2) is 27.7 Å². The number of alkyl halides is 3. The standard InChI is InChI=1S/C32H32F3NO2/c1-30-18-27(21-6-4-20(5-7-21)23-3-2-16-36-19-23)29-25-11-9-24(37)17-22(25)8-10-26(29)28(30)12-13-31(30,38)14-15-32(33,34)35/h2-7,14-17,19,26-28,38H,8-13,18H2,1H3/b15-14+/t26?,27-,28?,30+,31-/m1/s1. The molecule has 0 amide bonds. The molecule has 6 heteroatoms. The van der Waals surface area contributed by atoms with E-state index in [4.69, 9.17) is 0 Å². The smallest absolute Gasteiger partial charge is 0.385 e. The zero-order valence-corrected chi connectivity index (χ0v) is 21.5. The summed E-state index contributed by atoms with van der Waals surface area (Å²) in [5, 5.41) is 11.8. The van der Waals surface area contributed by atoms with Crippen LogP contribution in [0.4, 0.5) is 13.2 Å². The summed E-state index contributed by atoms with van der Waals surface area (Å²) in [7, 11) is 0. The Bertz CT molecular complexity index is 1340. The number of hydrogen-bond acceptors (Lipinski definition) is 3. The molecule has 0 bridgehead atoms. The van der Waals surface area contributed by atoms with Crippen molar-refractivity contribution >= 4 is 5.78 Å². The molecule has 2 unspecified atom stereocenters. The Morgan fingerprint density at radius 2 is 1.84 bits per heavy atom. The van der Waals surface area contributed by atoms with Gasteiger partial charge in [-0.1, -0.05) is 42.8 Å². The third-order valence-corrected chi connectivity index (χ3v) is 9.81. The number of nitrogens with zero attached hydrogens (tertiary/aromatic N) is 1. The molecule has 198 valence electrons. The quantitative estimate of drug-likeness (QED) is 0.427. The van der Waals surface area contributed by atoms with Crippen LogP contribution in [0.15, 0.2) is 83.7 Å². The lowest BCUT2D eigenvalue weighted by molar-refractivity contribution is -0.114. The SMILES string of the molecule is C[C@]12C[C@H](c3ccc(-c4cccnc4)cc3)C3=C4CCC(=O)C=C4CCC3C1CC[C@@]2(O)/C=C/C(F)(F)F. The maximum Gasteiger partial charge on any atom is 0.409 e. The number of carbonyl (C=O) groups is 1. The van der Waals surface area contributed by atoms with Gasteiger partial charge in [-0.05, 0) is 96.4 Å². The van der Waals surface area contributed by atoms with Crippen molar-refractivity contribution in [2.24, 2.45) is 17.3 Å². The van der Waals surface area contributed by atoms with Crippen LogP contribution >= 0.6 is 0 Å². The van der Waals surface area contributed by atoms with Crippen molar-refractivity contribution in [2.75, 3.05) is 0 Å². The van der Waals surface area contributed by atoms with E-state index < -0.39 is 17.2 Å². The van der Waals surface area contributed by atoms with Gasteiger partial charge in [-0.15, -0.1) is 0 Å². The zero-order chi connectivity index (χ0) is 26.7. The zero-order valence-electron chi connectivity index (χ0n) is 21.5. The second-order valence-electron chi connectivity index (χ2n) is 11.7. The van der Waals surface area contributed by atoms with E-state index in [1.807, 2.05) is 31.3 Å². The fourth-order valence-corrected chi connectivity index (χ4v) is 7.95. The maximum atomic E-state index is 13.2. The number of ketones is 1. The molecule has 6 rings (SSSR count). The van der Waals surface area contributed by atoms with Gasteiger partial charge in [0, 0.05) is 36.2 Å². The van der Waals surface area contributed by atoms with Gasteiger partial charge in [-0.25, -0.2) is 0 Å². The number of aromatic nitrogens is 1. The average Bonchev–Trinajstić information content (AvgIpc) is 3.17. The Labute approximate surface area is 221 Å². The van der Waals surface area contributed by atoms with Gasteiger partial charge in [0.1, 0.15) is 0 Å². The number of halogens is 3. The molecule has 2 aromatic rings. The molecule has 1 N–H and O–H groups in total. The number of fused-ring (bicyclic) bond motifs is 4. The number of allylic oxidation sites excluding steroid dienone is 5. The molecule has 0 radical (unpaired) electrons. The summed E-state index contributed by atoms with van der Waals surface area (Å²) in [6.07, 6.45) is 6.66. The fourth-order valence-electron chi connectivity index (χ4n) is 7.95. The molecule has 1 aromatic heterocycles. The van der Waals surface area contributed by atoms with E-state index in [0.717, 1.165) is 47.6 Å². The summed E-state index contributed by atoms with van der Waals surface area (Å²) in [6.45, 7) is 2.00. The molecule has 2 fully saturated rings. The van der Waals surface area contributed by atoms with E-state index in [2.05, 4.69) is 29.2 Å². The second kappa shape index (κ2) is 9.04. The minimum Gasteiger partial charge on any atom is -0.385 e. The van der Waals surface area contributed by atoms with Gasteiger partial charge < -0.3 is 5.11 Å². The predicted molar refractivity (Wildman–Crippen MR) is 140 cm³/mol.